The summed E-state index contributed by atoms with van der Waals surface area (Å²) < 4.78 is 42.2. The van der Waals surface area contributed by atoms with Crippen LogP contribution in [0.5, 0.6) is 5.75 Å². The van der Waals surface area contributed by atoms with Crippen LogP contribution in [0.15, 0.2) is 53.6 Å². The number of halogens is 3. The average molecular weight is 509 g/mol. The number of ether oxygens (including phenoxy) is 2. The van der Waals surface area contributed by atoms with Gasteiger partial charge in [0.2, 0.25) is 5.95 Å². The second-order valence-electron chi connectivity index (χ2n) is 9.34. The molecule has 34 heavy (non-hydrogen) atoms. The van der Waals surface area contributed by atoms with E-state index in [0.717, 1.165) is 30.6 Å². The number of allylic oxidation sites excluding steroid dienone is 1. The molecule has 0 N–H and O–H groups in total. The van der Waals surface area contributed by atoms with Crippen molar-refractivity contribution < 1.29 is 18.3 Å². The van der Waals surface area contributed by atoms with E-state index in [1.807, 2.05) is 34.6 Å². The highest BCUT2D eigenvalue weighted by Crippen LogP contribution is 2.48. The number of pyridine rings is 1. The number of anilines is 1. The van der Waals surface area contributed by atoms with Gasteiger partial charge in [-0.15, -0.1) is 0 Å². The first-order valence-electron chi connectivity index (χ1n) is 11.6. The summed E-state index contributed by atoms with van der Waals surface area (Å²) >= 11 is 8.04. The Morgan fingerprint density at radius 2 is 1.97 bits per heavy atom. The Morgan fingerprint density at radius 3 is 2.62 bits per heavy atom. The van der Waals surface area contributed by atoms with Crippen molar-refractivity contribution in [2.45, 2.75) is 56.2 Å². The van der Waals surface area contributed by atoms with Gasteiger partial charge in [-0.1, -0.05) is 35.9 Å². The van der Waals surface area contributed by atoms with Gasteiger partial charge in [0, 0.05) is 18.1 Å². The van der Waals surface area contributed by atoms with E-state index in [4.69, 9.17) is 21.1 Å². The summed E-state index contributed by atoms with van der Waals surface area (Å²) in [5.41, 5.74) is 0.820. The summed E-state index contributed by atoms with van der Waals surface area (Å²) in [4.78, 5) is 4.04. The highest BCUT2D eigenvalue weighted by Gasteiger charge is 2.43. The second kappa shape index (κ2) is 10.8. The van der Waals surface area contributed by atoms with Gasteiger partial charge < -0.3 is 9.47 Å². The molecule has 1 aromatic carbocycles. The summed E-state index contributed by atoms with van der Waals surface area (Å²) in [6.45, 7) is 2.54. The number of benzene rings is 1. The fraction of sp³-hybridized carbons (Fsp3) is 0.500. The average Bonchev–Trinajstić information content (AvgIpc) is 3.23. The molecule has 8 heteroatoms. The fourth-order valence-corrected chi connectivity index (χ4v) is 6.57. The maximum Gasteiger partial charge on any atom is 0.214 e. The molecule has 1 fully saturated rings. The molecule has 0 aliphatic heterocycles. The van der Waals surface area contributed by atoms with E-state index in [1.54, 1.807) is 26.4 Å². The number of rotatable bonds is 8. The van der Waals surface area contributed by atoms with Crippen LogP contribution in [0.2, 0.25) is 0 Å². The molecule has 3 unspecified atom stereocenters. The lowest BCUT2D eigenvalue weighted by atomic mass is 9.81. The number of hydrogen-bond acceptors (Lipinski definition) is 5. The lowest BCUT2D eigenvalue weighted by Gasteiger charge is -2.35. The maximum absolute atomic E-state index is 15.5. The van der Waals surface area contributed by atoms with E-state index >= 15 is 4.39 Å². The van der Waals surface area contributed by atoms with Crippen LogP contribution < -0.4 is 9.04 Å². The molecule has 0 bridgehead atoms. The largest absolute Gasteiger partial charge is 0.497 e. The SMILES string of the molecule is COc1ccc(CN(SC2C=C(Cl)C([C@@H]3CC[C@@](C)(OC)C3)CC2F)c2cccc(F)n2)cc1. The first kappa shape index (κ1) is 25.3. The third kappa shape index (κ3) is 5.86. The van der Waals surface area contributed by atoms with Crippen LogP contribution >= 0.6 is 23.5 Å². The van der Waals surface area contributed by atoms with Gasteiger partial charge in [0.15, 0.2) is 0 Å². The molecule has 4 rings (SSSR count). The third-order valence-corrected chi connectivity index (χ3v) is 8.65. The number of alkyl halides is 1. The summed E-state index contributed by atoms with van der Waals surface area (Å²) in [5.74, 6) is 0.937. The Hall–Kier alpha value is -1.83. The van der Waals surface area contributed by atoms with Crippen molar-refractivity contribution in [3.05, 3.63) is 65.1 Å². The van der Waals surface area contributed by atoms with Crippen molar-refractivity contribution in [3.63, 3.8) is 0 Å². The van der Waals surface area contributed by atoms with Crippen molar-refractivity contribution in [2.75, 3.05) is 18.5 Å². The zero-order valence-electron chi connectivity index (χ0n) is 19.7. The van der Waals surface area contributed by atoms with Crippen molar-refractivity contribution in [3.8, 4) is 5.75 Å². The molecule has 4 nitrogen and oxygen atoms in total. The molecular formula is C26H31ClF2N2O2S. The maximum atomic E-state index is 15.5. The van der Waals surface area contributed by atoms with Crippen molar-refractivity contribution in [1.82, 2.24) is 4.98 Å². The normalized spacial score (nSPS) is 29.1. The fourth-order valence-electron chi connectivity index (χ4n) is 4.92. The van der Waals surface area contributed by atoms with Crippen LogP contribution in [0.3, 0.4) is 0 Å². The molecule has 0 saturated heterocycles. The van der Waals surface area contributed by atoms with E-state index in [1.165, 1.54) is 18.0 Å². The number of methoxy groups -OCH3 is 2. The van der Waals surface area contributed by atoms with E-state index in [9.17, 15) is 4.39 Å². The number of hydrogen-bond donors (Lipinski definition) is 0. The van der Waals surface area contributed by atoms with Crippen molar-refractivity contribution in [1.29, 1.82) is 0 Å². The van der Waals surface area contributed by atoms with Crippen molar-refractivity contribution >= 4 is 29.4 Å². The molecule has 1 heterocycles. The quantitative estimate of drug-likeness (QED) is 0.285. The Kier molecular flexibility index (Phi) is 8.05. The lowest BCUT2D eigenvalue weighted by molar-refractivity contribution is 0.00690. The van der Waals surface area contributed by atoms with Crippen LogP contribution in [-0.4, -0.2) is 36.2 Å². The van der Waals surface area contributed by atoms with Gasteiger partial charge in [-0.3, -0.25) is 4.31 Å². The molecule has 2 aliphatic rings. The first-order valence-corrected chi connectivity index (χ1v) is 12.8. The predicted molar refractivity (Wildman–Crippen MR) is 134 cm³/mol. The minimum absolute atomic E-state index is 0.00724. The Balaban J connectivity index is 1.53. The summed E-state index contributed by atoms with van der Waals surface area (Å²) in [7, 11) is 3.35. The highest BCUT2D eigenvalue weighted by molar-refractivity contribution is 8.01. The Bertz CT molecular complexity index is 1010. The molecule has 5 atom stereocenters. The standard InChI is InChI=1S/C26H31ClF2N2O2S/c1-26(33-3)12-11-18(15-26)20-13-22(28)23(14-21(20)27)34-31(25-6-4-5-24(29)30-25)16-17-7-9-19(32-2)10-8-17/h4-10,14,18,20,22-23H,11-13,15-16H2,1-3H3/t18-,20?,22?,23?,26-/m1/s1. The second-order valence-corrected chi connectivity index (χ2v) is 11.0. The minimum Gasteiger partial charge on any atom is -0.497 e. The van der Waals surface area contributed by atoms with E-state index < -0.39 is 17.4 Å². The van der Waals surface area contributed by atoms with Crippen molar-refractivity contribution in [2.24, 2.45) is 11.8 Å². The predicted octanol–water partition coefficient (Wildman–Crippen LogP) is 6.94. The lowest BCUT2D eigenvalue weighted by Crippen LogP contribution is -2.33. The molecule has 184 valence electrons. The highest BCUT2D eigenvalue weighted by atomic mass is 35.5. The molecule has 1 aromatic heterocycles. The summed E-state index contributed by atoms with van der Waals surface area (Å²) in [6, 6.07) is 12.2. The summed E-state index contributed by atoms with van der Waals surface area (Å²) in [5, 5.41) is 0.232. The molecule has 0 spiro atoms. The molecule has 0 amide bonds. The van der Waals surface area contributed by atoms with Crippen LogP contribution in [0, 0.1) is 17.8 Å². The molecule has 0 radical (unpaired) electrons. The zero-order valence-corrected chi connectivity index (χ0v) is 21.3. The molecule has 2 aromatic rings. The Labute approximate surface area is 209 Å². The molecule has 1 saturated carbocycles. The van der Waals surface area contributed by atoms with Gasteiger partial charge in [-0.25, -0.2) is 9.37 Å². The van der Waals surface area contributed by atoms with E-state index in [2.05, 4.69) is 11.9 Å². The molecule has 2 aliphatic carbocycles. The van der Waals surface area contributed by atoms with Gasteiger partial charge in [-0.05, 0) is 80.3 Å². The number of nitrogens with zero attached hydrogens (tertiary/aromatic N) is 2. The number of aromatic nitrogens is 1. The van der Waals surface area contributed by atoms with Gasteiger partial charge in [0.1, 0.15) is 17.7 Å². The Morgan fingerprint density at radius 1 is 1.21 bits per heavy atom. The monoisotopic (exact) mass is 508 g/mol. The van der Waals surface area contributed by atoms with Crippen LogP contribution in [0.25, 0.3) is 0 Å². The summed E-state index contributed by atoms with van der Waals surface area (Å²) in [6.07, 6.45) is 3.99. The topological polar surface area (TPSA) is 34.6 Å². The third-order valence-electron chi connectivity index (χ3n) is 7.00. The first-order chi connectivity index (χ1) is 16.3. The van der Waals surface area contributed by atoms with Gasteiger partial charge in [0.05, 0.1) is 24.5 Å². The van der Waals surface area contributed by atoms with E-state index in [-0.39, 0.29) is 11.5 Å². The van der Waals surface area contributed by atoms with E-state index in [0.29, 0.717) is 29.7 Å². The van der Waals surface area contributed by atoms with Gasteiger partial charge >= 0.3 is 0 Å². The van der Waals surface area contributed by atoms with Gasteiger partial charge in [-0.2, -0.15) is 4.39 Å². The van der Waals surface area contributed by atoms with Crippen LogP contribution in [0.4, 0.5) is 14.6 Å². The van der Waals surface area contributed by atoms with Crippen LogP contribution in [0.1, 0.15) is 38.2 Å². The molecular weight excluding hydrogens is 478 g/mol. The smallest absolute Gasteiger partial charge is 0.214 e. The van der Waals surface area contributed by atoms with Crippen LogP contribution in [-0.2, 0) is 11.3 Å². The zero-order chi connectivity index (χ0) is 24.3. The minimum atomic E-state index is -1.07. The van der Waals surface area contributed by atoms with Gasteiger partial charge in [0.25, 0.3) is 0 Å².